The van der Waals surface area contributed by atoms with Crippen molar-refractivity contribution in [2.75, 3.05) is 7.11 Å². The van der Waals surface area contributed by atoms with Crippen LogP contribution in [0.3, 0.4) is 0 Å². The molecule has 0 aliphatic carbocycles. The van der Waals surface area contributed by atoms with E-state index in [9.17, 15) is 14.4 Å². The van der Waals surface area contributed by atoms with Crippen LogP contribution in [-0.4, -0.2) is 37.1 Å². The Morgan fingerprint density at radius 3 is 2.26 bits per heavy atom. The van der Waals surface area contributed by atoms with Crippen molar-refractivity contribution in [2.24, 2.45) is 11.7 Å². The van der Waals surface area contributed by atoms with Crippen molar-refractivity contribution in [3.8, 4) is 5.75 Å². The zero-order valence-electron chi connectivity index (χ0n) is 18.0. The molecule has 0 radical (unpaired) electrons. The lowest BCUT2D eigenvalue weighted by Crippen LogP contribution is -2.55. The summed E-state index contributed by atoms with van der Waals surface area (Å²) in [6.45, 7) is 3.64. The van der Waals surface area contributed by atoms with E-state index in [4.69, 9.17) is 15.2 Å². The highest BCUT2D eigenvalue weighted by Gasteiger charge is 2.28. The van der Waals surface area contributed by atoms with Crippen LogP contribution < -0.4 is 21.1 Å². The summed E-state index contributed by atoms with van der Waals surface area (Å²) < 4.78 is 10.4. The highest BCUT2D eigenvalue weighted by atomic mass is 16.5. The van der Waals surface area contributed by atoms with Crippen molar-refractivity contribution in [1.29, 1.82) is 0 Å². The normalized spacial score (nSPS) is 12.5. The number of nitrogens with two attached hydrogens (primary N) is 1. The summed E-state index contributed by atoms with van der Waals surface area (Å²) in [6.07, 6.45) is -0.525. The van der Waals surface area contributed by atoms with Gasteiger partial charge in [-0.2, -0.15) is 0 Å². The Hall–Kier alpha value is -3.55. The van der Waals surface area contributed by atoms with Crippen LogP contribution in [0.2, 0.25) is 0 Å². The molecule has 0 saturated heterocycles. The van der Waals surface area contributed by atoms with Gasteiger partial charge in [-0.05, 0) is 29.2 Å². The minimum Gasteiger partial charge on any atom is -0.497 e. The second kappa shape index (κ2) is 11.6. The summed E-state index contributed by atoms with van der Waals surface area (Å²) in [5.41, 5.74) is 7.10. The molecule has 8 heteroatoms. The second-order valence-electron chi connectivity index (χ2n) is 7.45. The van der Waals surface area contributed by atoms with Gasteiger partial charge in [-0.15, -0.1) is 0 Å². The fourth-order valence-electron chi connectivity index (χ4n) is 2.95. The Morgan fingerprint density at radius 1 is 0.968 bits per heavy atom. The van der Waals surface area contributed by atoms with Crippen LogP contribution in [0.4, 0.5) is 4.79 Å². The Morgan fingerprint density at radius 2 is 1.65 bits per heavy atom. The van der Waals surface area contributed by atoms with Crippen LogP contribution in [0.5, 0.6) is 5.75 Å². The maximum atomic E-state index is 12.8. The first-order valence-electron chi connectivity index (χ1n) is 10.00. The lowest BCUT2D eigenvalue weighted by Gasteiger charge is -2.24. The number of carbonyl (C=O) groups excluding carboxylic acids is 3. The summed E-state index contributed by atoms with van der Waals surface area (Å²) in [5.74, 6) is -0.798. The topological polar surface area (TPSA) is 120 Å². The molecule has 0 heterocycles. The minimum atomic E-state index is -0.942. The van der Waals surface area contributed by atoms with Gasteiger partial charge in [0, 0.05) is 6.42 Å². The number of nitrogens with one attached hydrogen (secondary N) is 2. The number of ether oxygens (including phenoxy) is 2. The van der Waals surface area contributed by atoms with Gasteiger partial charge in [0.2, 0.25) is 11.8 Å². The average molecular weight is 428 g/mol. The molecule has 0 aromatic heterocycles. The Labute approximate surface area is 182 Å². The number of primary amides is 1. The highest BCUT2D eigenvalue weighted by molar-refractivity contribution is 5.91. The third-order valence-electron chi connectivity index (χ3n) is 4.67. The standard InChI is InChI=1S/C23H29N3O5/c1-15(2)20(26-23(29)31-14-16-8-5-4-6-9-16)22(28)25-19(21(24)27)13-17-10-7-11-18(12-17)30-3/h4-12,15,19-20H,13-14H2,1-3H3,(H2,24,27)(H,25,28)(H,26,29)/t19-,20+/m1/s1. The molecule has 0 aliphatic heterocycles. The van der Waals surface area contributed by atoms with Crippen LogP contribution >= 0.6 is 0 Å². The van der Waals surface area contributed by atoms with E-state index in [1.54, 1.807) is 39.2 Å². The molecular formula is C23H29N3O5. The number of alkyl carbamates (subject to hydrolysis) is 1. The van der Waals surface area contributed by atoms with Crippen molar-refractivity contribution < 1.29 is 23.9 Å². The maximum absolute atomic E-state index is 12.8. The van der Waals surface area contributed by atoms with E-state index in [1.165, 1.54) is 0 Å². The number of amides is 3. The predicted octanol–water partition coefficient (Wildman–Crippen LogP) is 2.16. The van der Waals surface area contributed by atoms with E-state index >= 15 is 0 Å². The van der Waals surface area contributed by atoms with Gasteiger partial charge in [-0.25, -0.2) is 4.79 Å². The lowest BCUT2D eigenvalue weighted by molar-refractivity contribution is -0.129. The monoisotopic (exact) mass is 427 g/mol. The largest absolute Gasteiger partial charge is 0.497 e. The van der Waals surface area contributed by atoms with Gasteiger partial charge in [0.15, 0.2) is 0 Å². The van der Waals surface area contributed by atoms with Crippen LogP contribution in [0.1, 0.15) is 25.0 Å². The van der Waals surface area contributed by atoms with E-state index in [0.717, 1.165) is 11.1 Å². The summed E-state index contributed by atoms with van der Waals surface area (Å²) in [4.78, 5) is 36.9. The molecule has 0 saturated carbocycles. The van der Waals surface area contributed by atoms with E-state index in [0.29, 0.717) is 5.75 Å². The smallest absolute Gasteiger partial charge is 0.408 e. The number of rotatable bonds is 10. The van der Waals surface area contributed by atoms with Crippen molar-refractivity contribution in [3.63, 3.8) is 0 Å². The summed E-state index contributed by atoms with van der Waals surface area (Å²) in [5, 5.41) is 5.21. The number of hydrogen-bond donors (Lipinski definition) is 3. The second-order valence-corrected chi connectivity index (χ2v) is 7.45. The maximum Gasteiger partial charge on any atom is 0.408 e. The minimum absolute atomic E-state index is 0.0822. The van der Waals surface area contributed by atoms with Crippen molar-refractivity contribution in [3.05, 3.63) is 65.7 Å². The van der Waals surface area contributed by atoms with E-state index < -0.39 is 30.0 Å². The molecule has 3 amide bonds. The van der Waals surface area contributed by atoms with Crippen LogP contribution in [0.15, 0.2) is 54.6 Å². The molecule has 2 atom stereocenters. The molecule has 166 valence electrons. The zero-order valence-corrected chi connectivity index (χ0v) is 18.0. The van der Waals surface area contributed by atoms with Gasteiger partial charge in [0.25, 0.3) is 0 Å². The van der Waals surface area contributed by atoms with Gasteiger partial charge in [-0.1, -0.05) is 56.3 Å². The first kappa shape index (κ1) is 23.7. The van der Waals surface area contributed by atoms with Gasteiger partial charge < -0.3 is 25.8 Å². The molecule has 0 aliphatic rings. The Bertz CT molecular complexity index is 886. The number of benzene rings is 2. The molecule has 31 heavy (non-hydrogen) atoms. The SMILES string of the molecule is COc1cccc(C[C@@H](NC(=O)[C@@H](NC(=O)OCc2ccccc2)C(C)C)C(N)=O)c1. The molecule has 8 nitrogen and oxygen atoms in total. The third kappa shape index (κ3) is 7.65. The molecule has 4 N–H and O–H groups in total. The summed E-state index contributed by atoms with van der Waals surface area (Å²) in [7, 11) is 1.54. The molecule has 2 aromatic carbocycles. The van der Waals surface area contributed by atoms with Gasteiger partial charge in [-0.3, -0.25) is 9.59 Å². The van der Waals surface area contributed by atoms with Crippen molar-refractivity contribution in [2.45, 2.75) is 39.0 Å². The highest BCUT2D eigenvalue weighted by Crippen LogP contribution is 2.14. The van der Waals surface area contributed by atoms with Crippen molar-refractivity contribution in [1.82, 2.24) is 10.6 Å². The predicted molar refractivity (Wildman–Crippen MR) is 116 cm³/mol. The van der Waals surface area contributed by atoms with E-state index in [1.807, 2.05) is 36.4 Å². The molecule has 2 aromatic rings. The molecule has 0 bridgehead atoms. The molecule has 0 spiro atoms. The average Bonchev–Trinajstić information content (AvgIpc) is 2.76. The molecule has 0 fully saturated rings. The number of methoxy groups -OCH3 is 1. The number of carbonyl (C=O) groups is 3. The van der Waals surface area contributed by atoms with Crippen molar-refractivity contribution >= 4 is 17.9 Å². The molecule has 0 unspecified atom stereocenters. The van der Waals surface area contributed by atoms with Gasteiger partial charge in [0.05, 0.1) is 7.11 Å². The number of hydrogen-bond acceptors (Lipinski definition) is 5. The summed E-state index contributed by atoms with van der Waals surface area (Å²) >= 11 is 0. The quantitative estimate of drug-likeness (QED) is 0.537. The Balaban J connectivity index is 1.99. The first-order chi connectivity index (χ1) is 14.8. The van der Waals surface area contributed by atoms with Crippen LogP contribution in [-0.2, 0) is 27.4 Å². The first-order valence-corrected chi connectivity index (χ1v) is 10.00. The summed E-state index contributed by atoms with van der Waals surface area (Å²) in [6, 6.07) is 14.5. The van der Waals surface area contributed by atoms with Gasteiger partial charge >= 0.3 is 6.09 Å². The Kier molecular flexibility index (Phi) is 8.87. The van der Waals surface area contributed by atoms with E-state index in [-0.39, 0.29) is 18.9 Å². The third-order valence-corrected chi connectivity index (χ3v) is 4.67. The van der Waals surface area contributed by atoms with Crippen LogP contribution in [0.25, 0.3) is 0 Å². The van der Waals surface area contributed by atoms with E-state index in [2.05, 4.69) is 10.6 Å². The zero-order chi connectivity index (χ0) is 22.8. The molecular weight excluding hydrogens is 398 g/mol. The lowest BCUT2D eigenvalue weighted by atomic mass is 10.0. The van der Waals surface area contributed by atoms with Crippen LogP contribution in [0, 0.1) is 5.92 Å². The van der Waals surface area contributed by atoms with Gasteiger partial charge in [0.1, 0.15) is 24.4 Å². The molecule has 2 rings (SSSR count). The fourth-order valence-corrected chi connectivity index (χ4v) is 2.95. The fraction of sp³-hybridized carbons (Fsp3) is 0.348.